The zero-order valence-electron chi connectivity index (χ0n) is 11.8. The fourth-order valence-corrected chi connectivity index (χ4v) is 3.53. The Balaban J connectivity index is 2.69. The van der Waals surface area contributed by atoms with Crippen LogP contribution in [0.5, 0.6) is 0 Å². The molecule has 0 heterocycles. The summed E-state index contributed by atoms with van der Waals surface area (Å²) in [5, 5.41) is 3.04. The monoisotopic (exact) mass is 389 g/mol. The Morgan fingerprint density at radius 3 is 1.95 bits per heavy atom. The van der Waals surface area contributed by atoms with Gasteiger partial charge in [-0.1, -0.05) is 59.6 Å². The Labute approximate surface area is 132 Å². The first-order valence-electron chi connectivity index (χ1n) is 6.55. The first kappa shape index (κ1) is 16.7. The number of carbonyl (C=O) groups excluding carboxylic acids is 1. The van der Waals surface area contributed by atoms with Crippen LogP contribution in [0.1, 0.15) is 38.1 Å². The van der Waals surface area contributed by atoms with E-state index in [9.17, 15) is 4.79 Å². The lowest BCUT2D eigenvalue weighted by molar-refractivity contribution is 0.0937. The van der Waals surface area contributed by atoms with Gasteiger partial charge < -0.3 is 5.32 Å². The fourth-order valence-electron chi connectivity index (χ4n) is 2.24. The van der Waals surface area contributed by atoms with Crippen molar-refractivity contribution < 1.29 is 4.79 Å². The van der Waals surface area contributed by atoms with Gasteiger partial charge in [0.15, 0.2) is 0 Å². The molecule has 1 amide bonds. The molecule has 0 aliphatic rings. The molecular formula is C15H21Br2NO. The van der Waals surface area contributed by atoms with Gasteiger partial charge in [-0.25, -0.2) is 0 Å². The summed E-state index contributed by atoms with van der Waals surface area (Å²) in [6.07, 6.45) is 0. The second-order valence-corrected chi connectivity index (χ2v) is 7.35. The van der Waals surface area contributed by atoms with Gasteiger partial charge in [-0.15, -0.1) is 0 Å². The minimum absolute atomic E-state index is 0.0201. The Hall–Kier alpha value is -0.350. The van der Waals surface area contributed by atoms with E-state index in [2.05, 4.69) is 64.9 Å². The second-order valence-electron chi connectivity index (χ2n) is 5.52. The predicted octanol–water partition coefficient (Wildman–Crippen LogP) is 4.87. The standard InChI is InChI=1S/C15H21Br2NO/c1-9(2)14(10(3)4)8-18-15(19)11-5-12(16)7-13(17)6-11/h5-7,9-10,14H,8H2,1-4H3,(H,18,19). The van der Waals surface area contributed by atoms with Gasteiger partial charge in [0.2, 0.25) is 0 Å². The molecule has 1 aromatic carbocycles. The number of benzene rings is 1. The maximum absolute atomic E-state index is 12.1. The van der Waals surface area contributed by atoms with Crippen molar-refractivity contribution in [2.75, 3.05) is 6.54 Å². The zero-order chi connectivity index (χ0) is 14.6. The topological polar surface area (TPSA) is 29.1 Å². The van der Waals surface area contributed by atoms with E-state index < -0.39 is 0 Å². The van der Waals surface area contributed by atoms with Gasteiger partial charge in [-0.05, 0) is 36.0 Å². The van der Waals surface area contributed by atoms with Crippen LogP contribution in [0.4, 0.5) is 0 Å². The molecule has 0 saturated heterocycles. The van der Waals surface area contributed by atoms with Gasteiger partial charge in [-0.2, -0.15) is 0 Å². The highest BCUT2D eigenvalue weighted by Gasteiger charge is 2.18. The number of carbonyl (C=O) groups is 1. The normalized spacial score (nSPS) is 11.4. The number of rotatable bonds is 5. The maximum atomic E-state index is 12.1. The Bertz CT molecular complexity index is 416. The van der Waals surface area contributed by atoms with Crippen molar-refractivity contribution in [3.63, 3.8) is 0 Å². The van der Waals surface area contributed by atoms with Gasteiger partial charge in [0.1, 0.15) is 0 Å². The molecule has 0 aliphatic carbocycles. The average molecular weight is 391 g/mol. The summed E-state index contributed by atoms with van der Waals surface area (Å²) in [6.45, 7) is 9.52. The molecule has 4 heteroatoms. The number of amides is 1. The molecule has 2 nitrogen and oxygen atoms in total. The molecule has 0 fully saturated rings. The predicted molar refractivity (Wildman–Crippen MR) is 87.3 cm³/mol. The van der Waals surface area contributed by atoms with Crippen LogP contribution in [-0.4, -0.2) is 12.5 Å². The molecule has 0 atom stereocenters. The van der Waals surface area contributed by atoms with Gasteiger partial charge in [-0.3, -0.25) is 4.79 Å². The van der Waals surface area contributed by atoms with Crippen molar-refractivity contribution in [2.24, 2.45) is 17.8 Å². The van der Waals surface area contributed by atoms with Crippen molar-refractivity contribution in [3.8, 4) is 0 Å². The number of halogens is 2. The second kappa shape index (κ2) is 7.44. The molecule has 106 valence electrons. The molecular weight excluding hydrogens is 370 g/mol. The summed E-state index contributed by atoms with van der Waals surface area (Å²) in [7, 11) is 0. The Morgan fingerprint density at radius 2 is 1.53 bits per heavy atom. The summed E-state index contributed by atoms with van der Waals surface area (Å²) in [4.78, 5) is 12.1. The van der Waals surface area contributed by atoms with Crippen molar-refractivity contribution in [1.29, 1.82) is 0 Å². The Morgan fingerprint density at radius 1 is 1.05 bits per heavy atom. The first-order chi connectivity index (χ1) is 8.81. The third-order valence-electron chi connectivity index (χ3n) is 3.34. The SMILES string of the molecule is CC(C)C(CNC(=O)c1cc(Br)cc(Br)c1)C(C)C. The molecule has 0 aliphatic heterocycles. The first-order valence-corrected chi connectivity index (χ1v) is 8.14. The largest absolute Gasteiger partial charge is 0.352 e. The zero-order valence-corrected chi connectivity index (χ0v) is 15.0. The van der Waals surface area contributed by atoms with E-state index >= 15 is 0 Å². The van der Waals surface area contributed by atoms with Gasteiger partial charge in [0, 0.05) is 21.1 Å². The third kappa shape index (κ3) is 5.27. The smallest absolute Gasteiger partial charge is 0.251 e. The van der Waals surface area contributed by atoms with Gasteiger partial charge in [0.05, 0.1) is 0 Å². The van der Waals surface area contributed by atoms with Crippen molar-refractivity contribution in [3.05, 3.63) is 32.7 Å². The van der Waals surface area contributed by atoms with E-state index in [0.29, 0.717) is 23.3 Å². The summed E-state index contributed by atoms with van der Waals surface area (Å²) < 4.78 is 1.80. The van der Waals surface area contributed by atoms with Crippen molar-refractivity contribution >= 4 is 37.8 Å². The summed E-state index contributed by atoms with van der Waals surface area (Å²) in [6, 6.07) is 5.58. The van der Waals surface area contributed by atoms with E-state index in [1.165, 1.54) is 0 Å². The van der Waals surface area contributed by atoms with E-state index in [-0.39, 0.29) is 5.91 Å². The minimum atomic E-state index is -0.0201. The highest BCUT2D eigenvalue weighted by molar-refractivity contribution is 9.11. The molecule has 0 unspecified atom stereocenters. The third-order valence-corrected chi connectivity index (χ3v) is 4.25. The molecule has 0 aromatic heterocycles. The van der Waals surface area contributed by atoms with Crippen LogP contribution in [0, 0.1) is 17.8 Å². The molecule has 1 N–H and O–H groups in total. The van der Waals surface area contributed by atoms with E-state index in [1.54, 1.807) is 0 Å². The average Bonchev–Trinajstić information content (AvgIpc) is 2.26. The number of nitrogens with one attached hydrogen (secondary N) is 1. The van der Waals surface area contributed by atoms with Crippen LogP contribution >= 0.6 is 31.9 Å². The van der Waals surface area contributed by atoms with Crippen LogP contribution in [0.3, 0.4) is 0 Å². The van der Waals surface area contributed by atoms with Crippen molar-refractivity contribution in [2.45, 2.75) is 27.7 Å². The molecule has 0 bridgehead atoms. The van der Waals surface area contributed by atoms with Gasteiger partial charge in [0.25, 0.3) is 5.91 Å². The molecule has 19 heavy (non-hydrogen) atoms. The van der Waals surface area contributed by atoms with Crippen LogP contribution in [-0.2, 0) is 0 Å². The molecule has 0 spiro atoms. The maximum Gasteiger partial charge on any atom is 0.251 e. The molecule has 0 saturated carbocycles. The van der Waals surface area contributed by atoms with Gasteiger partial charge >= 0.3 is 0 Å². The highest BCUT2D eigenvalue weighted by Crippen LogP contribution is 2.21. The van der Waals surface area contributed by atoms with Crippen LogP contribution in [0.25, 0.3) is 0 Å². The molecule has 1 aromatic rings. The summed E-state index contributed by atoms with van der Waals surface area (Å²) >= 11 is 6.80. The van der Waals surface area contributed by atoms with Crippen LogP contribution < -0.4 is 5.32 Å². The van der Waals surface area contributed by atoms with E-state index in [4.69, 9.17) is 0 Å². The lowest BCUT2D eigenvalue weighted by Crippen LogP contribution is -2.33. The van der Waals surface area contributed by atoms with Crippen molar-refractivity contribution in [1.82, 2.24) is 5.32 Å². The highest BCUT2D eigenvalue weighted by atomic mass is 79.9. The quantitative estimate of drug-likeness (QED) is 0.763. The van der Waals surface area contributed by atoms with Crippen LogP contribution in [0.2, 0.25) is 0 Å². The Kier molecular flexibility index (Phi) is 6.54. The number of hydrogen-bond acceptors (Lipinski definition) is 1. The lowest BCUT2D eigenvalue weighted by Gasteiger charge is -2.25. The van der Waals surface area contributed by atoms with E-state index in [0.717, 1.165) is 15.5 Å². The lowest BCUT2D eigenvalue weighted by atomic mass is 9.85. The van der Waals surface area contributed by atoms with E-state index in [1.807, 2.05) is 18.2 Å². The minimum Gasteiger partial charge on any atom is -0.352 e. The molecule has 0 radical (unpaired) electrons. The van der Waals surface area contributed by atoms with Crippen LogP contribution in [0.15, 0.2) is 27.1 Å². The molecule has 1 rings (SSSR count). The number of hydrogen-bond donors (Lipinski definition) is 1. The fraction of sp³-hybridized carbons (Fsp3) is 0.533. The summed E-state index contributed by atoms with van der Waals surface area (Å²) in [5.41, 5.74) is 0.674. The summed E-state index contributed by atoms with van der Waals surface area (Å²) in [5.74, 6) is 1.61.